The summed E-state index contributed by atoms with van der Waals surface area (Å²) < 4.78 is 0. The molecule has 0 aliphatic carbocycles. The Hall–Kier alpha value is -3.19. The van der Waals surface area contributed by atoms with E-state index in [4.69, 9.17) is 0 Å². The second-order valence-corrected chi connectivity index (χ2v) is 6.75. The minimum absolute atomic E-state index is 0.0446. The van der Waals surface area contributed by atoms with Gasteiger partial charge in [-0.1, -0.05) is 66.2 Å². The van der Waals surface area contributed by atoms with Gasteiger partial charge in [-0.2, -0.15) is 0 Å². The monoisotopic (exact) mass is 336 g/mol. The van der Waals surface area contributed by atoms with Crippen LogP contribution < -0.4 is 0 Å². The molecule has 4 aromatic carbocycles. The van der Waals surface area contributed by atoms with Crippen molar-refractivity contribution in [2.45, 2.75) is 13.8 Å². The van der Waals surface area contributed by atoms with Crippen LogP contribution >= 0.6 is 0 Å². The molecule has 0 saturated heterocycles. The van der Waals surface area contributed by atoms with Gasteiger partial charge < -0.3 is 0 Å². The third kappa shape index (κ3) is 2.93. The highest BCUT2D eigenvalue weighted by atomic mass is 16.1. The lowest BCUT2D eigenvalue weighted by Crippen LogP contribution is -1.98. The maximum absolute atomic E-state index is 12.8. The molecule has 0 fully saturated rings. The minimum atomic E-state index is 0.0446. The van der Waals surface area contributed by atoms with E-state index in [1.54, 1.807) is 6.08 Å². The summed E-state index contributed by atoms with van der Waals surface area (Å²) >= 11 is 0. The smallest absolute Gasteiger partial charge is 0.186 e. The zero-order chi connectivity index (χ0) is 18.1. The fourth-order valence-electron chi connectivity index (χ4n) is 3.48. The molecule has 4 rings (SSSR count). The summed E-state index contributed by atoms with van der Waals surface area (Å²) in [5.74, 6) is 0.0446. The van der Waals surface area contributed by atoms with Crippen LogP contribution in [0.4, 0.5) is 0 Å². The van der Waals surface area contributed by atoms with Crippen molar-refractivity contribution in [2.75, 3.05) is 0 Å². The fourth-order valence-corrected chi connectivity index (χ4v) is 3.48. The summed E-state index contributed by atoms with van der Waals surface area (Å²) in [7, 11) is 0. The summed E-state index contributed by atoms with van der Waals surface area (Å²) in [4.78, 5) is 12.8. The van der Waals surface area contributed by atoms with Gasteiger partial charge in [-0.05, 0) is 70.8 Å². The van der Waals surface area contributed by atoms with E-state index >= 15 is 0 Å². The van der Waals surface area contributed by atoms with Gasteiger partial charge in [0, 0.05) is 5.56 Å². The molecule has 1 heteroatoms. The van der Waals surface area contributed by atoms with Crippen molar-refractivity contribution >= 4 is 33.4 Å². The Labute approximate surface area is 153 Å². The summed E-state index contributed by atoms with van der Waals surface area (Å²) in [5.41, 5.74) is 3.97. The van der Waals surface area contributed by atoms with Crippen molar-refractivity contribution in [3.05, 3.63) is 101 Å². The normalized spacial score (nSPS) is 11.5. The number of aryl methyl sites for hydroxylation is 2. The molecule has 4 aromatic rings. The lowest BCUT2D eigenvalue weighted by atomic mass is 9.95. The van der Waals surface area contributed by atoms with Crippen LogP contribution in [0.25, 0.3) is 27.6 Å². The highest BCUT2D eigenvalue weighted by molar-refractivity contribution is 6.12. The molecule has 0 spiro atoms. The highest BCUT2D eigenvalue weighted by Crippen LogP contribution is 2.29. The van der Waals surface area contributed by atoms with Crippen molar-refractivity contribution in [1.82, 2.24) is 0 Å². The minimum Gasteiger partial charge on any atom is -0.289 e. The molecule has 0 heterocycles. The van der Waals surface area contributed by atoms with Crippen LogP contribution in [-0.2, 0) is 0 Å². The molecule has 1 nitrogen and oxygen atoms in total. The molecule has 0 atom stereocenters. The fraction of sp³-hybridized carbons (Fsp3) is 0.0800. The first-order chi connectivity index (χ1) is 12.6. The quantitative estimate of drug-likeness (QED) is 0.237. The average molecular weight is 336 g/mol. The van der Waals surface area contributed by atoms with E-state index in [1.165, 1.54) is 10.8 Å². The van der Waals surface area contributed by atoms with Gasteiger partial charge in [-0.25, -0.2) is 0 Å². The van der Waals surface area contributed by atoms with Crippen LogP contribution in [0.1, 0.15) is 27.0 Å². The Morgan fingerprint density at radius 3 is 2.04 bits per heavy atom. The third-order valence-electron chi connectivity index (χ3n) is 4.87. The molecular formula is C25H20O. The van der Waals surface area contributed by atoms with E-state index in [9.17, 15) is 4.79 Å². The standard InChI is InChI=1S/C25H20O/c1-17-11-12-18(2)24(15-17)25(26)14-13-23-21-9-5-3-7-19(21)16-20-8-4-6-10-22(20)23/h3-16H,1-2H3. The molecule has 0 aliphatic rings. The zero-order valence-corrected chi connectivity index (χ0v) is 15.0. The third-order valence-corrected chi connectivity index (χ3v) is 4.87. The maximum Gasteiger partial charge on any atom is 0.186 e. The van der Waals surface area contributed by atoms with Gasteiger partial charge in [0.2, 0.25) is 0 Å². The Morgan fingerprint density at radius 2 is 1.38 bits per heavy atom. The number of hydrogen-bond donors (Lipinski definition) is 0. The molecule has 0 radical (unpaired) electrons. The summed E-state index contributed by atoms with van der Waals surface area (Å²) in [6, 6.07) is 24.8. The molecule has 0 bridgehead atoms. The number of allylic oxidation sites excluding steroid dienone is 1. The SMILES string of the molecule is Cc1ccc(C)c(C(=O)C=Cc2c3ccccc3cc3ccccc23)c1. The Bertz CT molecular complexity index is 1110. The van der Waals surface area contributed by atoms with Crippen molar-refractivity contribution in [1.29, 1.82) is 0 Å². The Kier molecular flexibility index (Phi) is 4.14. The van der Waals surface area contributed by atoms with Crippen LogP contribution in [0.5, 0.6) is 0 Å². The molecule has 0 saturated carbocycles. The first kappa shape index (κ1) is 16.3. The molecule has 0 unspecified atom stereocenters. The lowest BCUT2D eigenvalue weighted by Gasteiger charge is -2.08. The van der Waals surface area contributed by atoms with E-state index in [0.29, 0.717) is 0 Å². The van der Waals surface area contributed by atoms with Crippen LogP contribution in [0.2, 0.25) is 0 Å². The summed E-state index contributed by atoms with van der Waals surface area (Å²) in [6.45, 7) is 3.99. The van der Waals surface area contributed by atoms with E-state index in [0.717, 1.165) is 33.0 Å². The van der Waals surface area contributed by atoms with Crippen molar-refractivity contribution in [3.63, 3.8) is 0 Å². The zero-order valence-electron chi connectivity index (χ0n) is 15.0. The molecule has 26 heavy (non-hydrogen) atoms. The number of ketones is 1. The van der Waals surface area contributed by atoms with E-state index in [2.05, 4.69) is 30.3 Å². The topological polar surface area (TPSA) is 17.1 Å². The van der Waals surface area contributed by atoms with Crippen LogP contribution in [0.15, 0.2) is 78.9 Å². The Morgan fingerprint density at radius 1 is 0.769 bits per heavy atom. The maximum atomic E-state index is 12.8. The van der Waals surface area contributed by atoms with E-state index < -0.39 is 0 Å². The predicted octanol–water partition coefficient (Wildman–Crippen LogP) is 6.51. The largest absolute Gasteiger partial charge is 0.289 e. The van der Waals surface area contributed by atoms with Crippen molar-refractivity contribution in [2.24, 2.45) is 0 Å². The van der Waals surface area contributed by atoms with Crippen molar-refractivity contribution < 1.29 is 4.79 Å². The summed E-state index contributed by atoms with van der Waals surface area (Å²) in [5, 5.41) is 4.70. The van der Waals surface area contributed by atoms with Gasteiger partial charge in [0.1, 0.15) is 0 Å². The van der Waals surface area contributed by atoms with Gasteiger partial charge >= 0.3 is 0 Å². The number of carbonyl (C=O) groups excluding carboxylic acids is 1. The first-order valence-electron chi connectivity index (χ1n) is 8.83. The van der Waals surface area contributed by atoms with Gasteiger partial charge in [0.15, 0.2) is 5.78 Å². The lowest BCUT2D eigenvalue weighted by molar-refractivity contribution is 0.104. The number of benzene rings is 4. The van der Waals surface area contributed by atoms with E-state index in [-0.39, 0.29) is 5.78 Å². The van der Waals surface area contributed by atoms with Gasteiger partial charge in [0.05, 0.1) is 0 Å². The van der Waals surface area contributed by atoms with Crippen LogP contribution in [0.3, 0.4) is 0 Å². The molecule has 0 aromatic heterocycles. The average Bonchev–Trinajstić information content (AvgIpc) is 2.66. The molecule has 0 amide bonds. The molecular weight excluding hydrogens is 316 g/mol. The molecule has 0 aliphatic heterocycles. The van der Waals surface area contributed by atoms with Crippen molar-refractivity contribution in [3.8, 4) is 0 Å². The number of carbonyl (C=O) groups is 1. The number of hydrogen-bond acceptors (Lipinski definition) is 1. The van der Waals surface area contributed by atoms with Crippen LogP contribution in [0, 0.1) is 13.8 Å². The molecule has 0 N–H and O–H groups in total. The van der Waals surface area contributed by atoms with Crippen LogP contribution in [-0.4, -0.2) is 5.78 Å². The van der Waals surface area contributed by atoms with E-state index in [1.807, 2.05) is 62.4 Å². The van der Waals surface area contributed by atoms with Gasteiger partial charge in [-0.15, -0.1) is 0 Å². The predicted molar refractivity (Wildman–Crippen MR) is 111 cm³/mol. The Balaban J connectivity index is 1.86. The van der Waals surface area contributed by atoms with Gasteiger partial charge in [-0.3, -0.25) is 4.79 Å². The second kappa shape index (κ2) is 6.61. The first-order valence-corrected chi connectivity index (χ1v) is 8.83. The summed E-state index contributed by atoms with van der Waals surface area (Å²) in [6.07, 6.45) is 3.67. The number of fused-ring (bicyclic) bond motifs is 2. The highest BCUT2D eigenvalue weighted by Gasteiger charge is 2.08. The second-order valence-electron chi connectivity index (χ2n) is 6.75. The molecule has 126 valence electrons. The van der Waals surface area contributed by atoms with Gasteiger partial charge in [0.25, 0.3) is 0 Å². The number of rotatable bonds is 3.